The van der Waals surface area contributed by atoms with E-state index in [4.69, 9.17) is 0 Å². The van der Waals surface area contributed by atoms with Gasteiger partial charge in [-0.2, -0.15) is 0 Å². The van der Waals surface area contributed by atoms with Crippen LogP contribution in [0.4, 0.5) is 14.6 Å². The van der Waals surface area contributed by atoms with Crippen LogP contribution < -0.4 is 14.8 Å². The predicted molar refractivity (Wildman–Crippen MR) is 115 cm³/mol. The van der Waals surface area contributed by atoms with E-state index in [2.05, 4.69) is 19.8 Å². The third-order valence-electron chi connectivity index (χ3n) is 5.41. The van der Waals surface area contributed by atoms with E-state index in [0.29, 0.717) is 17.1 Å². The monoisotopic (exact) mass is 440 g/mol. The minimum absolute atomic E-state index is 0.0788. The van der Waals surface area contributed by atoms with Crippen molar-refractivity contribution in [2.45, 2.75) is 39.1 Å². The van der Waals surface area contributed by atoms with E-state index in [0.717, 1.165) is 16.7 Å². The number of carbonyl (C=O) groups is 1. The van der Waals surface area contributed by atoms with Crippen LogP contribution in [0, 0.1) is 6.92 Å². The molecule has 2 N–H and O–H groups in total. The van der Waals surface area contributed by atoms with Crippen molar-refractivity contribution in [3.63, 3.8) is 0 Å². The van der Waals surface area contributed by atoms with E-state index in [1.807, 2.05) is 37.3 Å². The zero-order valence-corrected chi connectivity index (χ0v) is 17.8. The molecule has 6 nitrogen and oxygen atoms in total. The van der Waals surface area contributed by atoms with E-state index in [9.17, 15) is 18.7 Å². The molecular formula is C24H22F2N2O4. The predicted octanol–water partition coefficient (Wildman–Crippen LogP) is 4.79. The van der Waals surface area contributed by atoms with Gasteiger partial charge in [-0.05, 0) is 61.7 Å². The topological polar surface area (TPSA) is 80.7 Å². The highest BCUT2D eigenvalue weighted by atomic mass is 19.3. The molecule has 2 heterocycles. The van der Waals surface area contributed by atoms with Crippen molar-refractivity contribution in [1.82, 2.24) is 4.98 Å². The summed E-state index contributed by atoms with van der Waals surface area (Å²) in [5.74, 6) is -0.210. The Morgan fingerprint density at radius 2 is 1.84 bits per heavy atom. The number of carbonyl (C=O) groups excluding carboxylic acids is 1. The minimum atomic E-state index is -3.72. The number of halogens is 2. The second-order valence-corrected chi connectivity index (χ2v) is 8.13. The number of ether oxygens (including phenoxy) is 2. The molecule has 0 bridgehead atoms. The van der Waals surface area contributed by atoms with Crippen LogP contribution in [0.5, 0.6) is 11.5 Å². The van der Waals surface area contributed by atoms with Crippen LogP contribution in [0.25, 0.3) is 11.3 Å². The van der Waals surface area contributed by atoms with Gasteiger partial charge in [-0.1, -0.05) is 30.3 Å². The highest BCUT2D eigenvalue weighted by molar-refractivity contribution is 5.98. The van der Waals surface area contributed by atoms with E-state index in [1.165, 1.54) is 12.1 Å². The molecule has 2 aromatic carbocycles. The molecule has 1 aliphatic rings. The van der Waals surface area contributed by atoms with Gasteiger partial charge in [0.1, 0.15) is 5.82 Å². The number of hydrogen-bond donors (Lipinski definition) is 2. The second kappa shape index (κ2) is 7.87. The number of hydrogen-bond acceptors (Lipinski definition) is 5. The van der Waals surface area contributed by atoms with Crippen LogP contribution >= 0.6 is 0 Å². The Morgan fingerprint density at radius 1 is 1.09 bits per heavy atom. The van der Waals surface area contributed by atoms with Crippen LogP contribution in [0.15, 0.2) is 54.6 Å². The summed E-state index contributed by atoms with van der Waals surface area (Å²) in [5.41, 5.74) is 2.59. The van der Waals surface area contributed by atoms with Crippen LogP contribution in [0.2, 0.25) is 0 Å². The minimum Gasteiger partial charge on any atom is -0.395 e. The smallest absolute Gasteiger partial charge is 0.395 e. The Kier molecular flexibility index (Phi) is 5.34. The number of rotatable bonds is 5. The number of pyridine rings is 1. The van der Waals surface area contributed by atoms with Gasteiger partial charge in [-0.15, -0.1) is 8.78 Å². The van der Waals surface area contributed by atoms with Gasteiger partial charge in [0, 0.05) is 5.56 Å². The number of aromatic nitrogens is 1. The van der Waals surface area contributed by atoms with Gasteiger partial charge in [0.25, 0.3) is 0 Å². The van der Waals surface area contributed by atoms with E-state index < -0.39 is 11.7 Å². The highest BCUT2D eigenvalue weighted by Crippen LogP contribution is 2.43. The third kappa shape index (κ3) is 4.13. The van der Waals surface area contributed by atoms with E-state index in [1.54, 1.807) is 26.0 Å². The number of alkyl halides is 2. The number of fused-ring (bicyclic) bond motifs is 1. The molecule has 1 aromatic heterocycles. The lowest BCUT2D eigenvalue weighted by Gasteiger charge is -2.24. The number of aryl methyl sites for hydroxylation is 1. The molecule has 32 heavy (non-hydrogen) atoms. The fraction of sp³-hybridized carbons (Fsp3) is 0.250. The fourth-order valence-electron chi connectivity index (χ4n) is 3.45. The van der Waals surface area contributed by atoms with Crippen LogP contribution in [-0.2, 0) is 16.8 Å². The number of anilines is 1. The fourth-order valence-corrected chi connectivity index (χ4v) is 3.45. The lowest BCUT2D eigenvalue weighted by Crippen LogP contribution is -2.35. The maximum absolute atomic E-state index is 13.3. The molecular weight excluding hydrogens is 418 g/mol. The summed E-state index contributed by atoms with van der Waals surface area (Å²) in [6.07, 6.45) is -3.72. The molecule has 0 aliphatic carbocycles. The summed E-state index contributed by atoms with van der Waals surface area (Å²) in [6.45, 7) is 5.18. The zero-order valence-electron chi connectivity index (χ0n) is 17.8. The Morgan fingerprint density at radius 3 is 2.59 bits per heavy atom. The van der Waals surface area contributed by atoms with Crippen molar-refractivity contribution >= 4 is 11.7 Å². The number of benzene rings is 2. The Bertz CT molecular complexity index is 1190. The molecule has 8 heteroatoms. The molecule has 0 saturated heterocycles. The molecule has 1 aliphatic heterocycles. The van der Waals surface area contributed by atoms with Crippen LogP contribution in [0.1, 0.15) is 30.5 Å². The van der Waals surface area contributed by atoms with Crippen LogP contribution in [0.3, 0.4) is 0 Å². The Hall–Kier alpha value is -3.52. The average Bonchev–Trinajstić information content (AvgIpc) is 3.07. The lowest BCUT2D eigenvalue weighted by molar-refractivity contribution is -0.286. The summed E-state index contributed by atoms with van der Waals surface area (Å²) in [6, 6.07) is 15.2. The molecule has 0 saturated carbocycles. The summed E-state index contributed by atoms with van der Waals surface area (Å²) in [5, 5.41) is 12.2. The van der Waals surface area contributed by atoms with Gasteiger partial charge in [0.15, 0.2) is 11.5 Å². The van der Waals surface area contributed by atoms with Crippen LogP contribution in [-0.4, -0.2) is 22.3 Å². The normalized spacial score (nSPS) is 14.3. The zero-order chi connectivity index (χ0) is 23.1. The van der Waals surface area contributed by atoms with E-state index >= 15 is 0 Å². The Labute approximate surface area is 183 Å². The van der Waals surface area contributed by atoms with Crippen molar-refractivity contribution in [1.29, 1.82) is 0 Å². The first-order valence-electron chi connectivity index (χ1n) is 9.99. The first-order valence-corrected chi connectivity index (χ1v) is 9.99. The number of nitrogens with one attached hydrogen (secondary N) is 1. The molecule has 166 valence electrons. The summed E-state index contributed by atoms with van der Waals surface area (Å²) in [7, 11) is 0. The quantitative estimate of drug-likeness (QED) is 0.597. The molecule has 1 amide bonds. The molecule has 0 spiro atoms. The molecule has 0 unspecified atom stereocenters. The highest BCUT2D eigenvalue weighted by Gasteiger charge is 2.44. The first kappa shape index (κ1) is 21.7. The van der Waals surface area contributed by atoms with Gasteiger partial charge >= 0.3 is 6.29 Å². The van der Waals surface area contributed by atoms with Gasteiger partial charge in [0.2, 0.25) is 5.91 Å². The number of aliphatic hydroxyl groups excluding tert-OH is 1. The van der Waals surface area contributed by atoms with Gasteiger partial charge in [0.05, 0.1) is 17.7 Å². The molecule has 3 aromatic rings. The summed E-state index contributed by atoms with van der Waals surface area (Å²) < 4.78 is 35.6. The first-order chi connectivity index (χ1) is 15.1. The number of aliphatic hydroxyl groups is 1. The third-order valence-corrected chi connectivity index (χ3v) is 5.41. The van der Waals surface area contributed by atoms with Crippen molar-refractivity contribution in [3.05, 3.63) is 71.3 Å². The average molecular weight is 440 g/mol. The summed E-state index contributed by atoms with van der Waals surface area (Å²) >= 11 is 0. The van der Waals surface area contributed by atoms with Crippen molar-refractivity contribution in [2.24, 2.45) is 0 Å². The molecule has 4 rings (SSSR count). The molecule has 0 atom stereocenters. The Balaban J connectivity index is 1.59. The maximum atomic E-state index is 13.3. The van der Waals surface area contributed by atoms with Gasteiger partial charge in [-0.25, -0.2) is 4.98 Å². The van der Waals surface area contributed by atoms with Crippen molar-refractivity contribution in [2.75, 3.05) is 5.32 Å². The second-order valence-electron chi connectivity index (χ2n) is 8.13. The largest absolute Gasteiger partial charge is 0.586 e. The maximum Gasteiger partial charge on any atom is 0.586 e. The SMILES string of the molecule is Cc1ccc(NC(=O)C(C)(C)c2ccc3c(c2)OC(F)(F)O3)nc1-c1cccc(CO)c1. The van der Waals surface area contributed by atoms with Crippen molar-refractivity contribution < 1.29 is 28.2 Å². The van der Waals surface area contributed by atoms with Gasteiger partial charge in [-0.3, -0.25) is 4.79 Å². The molecule has 0 fully saturated rings. The van der Waals surface area contributed by atoms with Crippen molar-refractivity contribution in [3.8, 4) is 22.8 Å². The number of nitrogens with zero attached hydrogens (tertiary/aromatic N) is 1. The standard InChI is InChI=1S/C24H22F2N2O4/c1-14-7-10-20(27-21(14)16-6-4-5-15(11-16)13-29)28-22(30)23(2,3)17-8-9-18-19(12-17)32-24(25,26)31-18/h4-12,29H,13H2,1-3H3,(H,27,28,30). The van der Waals surface area contributed by atoms with E-state index in [-0.39, 0.29) is 24.0 Å². The molecule has 0 radical (unpaired) electrons. The summed E-state index contributed by atoms with van der Waals surface area (Å²) in [4.78, 5) is 17.7. The lowest BCUT2D eigenvalue weighted by atomic mass is 9.83. The van der Waals surface area contributed by atoms with Gasteiger partial charge < -0.3 is 19.9 Å². The number of amides is 1.